The van der Waals surface area contributed by atoms with Crippen LogP contribution in [-0.2, 0) is 0 Å². The Labute approximate surface area is 156 Å². The molecule has 3 aromatic rings. The molecule has 0 aliphatic carbocycles. The smallest absolute Gasteiger partial charge is 0.258 e. The lowest BCUT2D eigenvalue weighted by Gasteiger charge is -2.22. The molecule has 4 rings (SSSR count). The number of amides is 1. The van der Waals surface area contributed by atoms with Crippen LogP contribution in [0.5, 0.6) is 5.75 Å². The Hall–Kier alpha value is -3.61. The molecule has 0 bridgehead atoms. The number of fused-ring (bicyclic) bond motifs is 1. The maximum atomic E-state index is 12.5. The second-order valence-electron chi connectivity index (χ2n) is 6.22. The van der Waals surface area contributed by atoms with Crippen molar-refractivity contribution in [1.29, 1.82) is 0 Å². The molecular weight excluding hydrogens is 342 g/mol. The van der Waals surface area contributed by atoms with Crippen molar-refractivity contribution in [3.05, 3.63) is 77.5 Å². The van der Waals surface area contributed by atoms with E-state index in [0.717, 1.165) is 11.3 Å². The van der Waals surface area contributed by atoms with Gasteiger partial charge in [0, 0.05) is 11.3 Å². The summed E-state index contributed by atoms with van der Waals surface area (Å²) >= 11 is 0. The largest absolute Gasteiger partial charge is 0.497 e. The maximum Gasteiger partial charge on any atom is 0.258 e. The average molecular weight is 361 g/mol. The number of methoxy groups -OCH3 is 1. The third-order valence-electron chi connectivity index (χ3n) is 4.33. The van der Waals surface area contributed by atoms with E-state index in [4.69, 9.17) is 4.74 Å². The summed E-state index contributed by atoms with van der Waals surface area (Å²) in [6, 6.07) is 16.8. The molecule has 1 aliphatic heterocycles. The van der Waals surface area contributed by atoms with Gasteiger partial charge in [0.2, 0.25) is 5.95 Å². The fourth-order valence-electron chi connectivity index (χ4n) is 2.98. The van der Waals surface area contributed by atoms with Crippen LogP contribution in [0.15, 0.2) is 66.4 Å². The zero-order valence-electron chi connectivity index (χ0n) is 15.0. The summed E-state index contributed by atoms with van der Waals surface area (Å²) in [7, 11) is 1.58. The van der Waals surface area contributed by atoms with Crippen molar-refractivity contribution in [2.45, 2.75) is 13.0 Å². The molecule has 1 amide bonds. The lowest BCUT2D eigenvalue weighted by molar-refractivity contribution is 0.102. The molecule has 7 heteroatoms. The van der Waals surface area contributed by atoms with Crippen molar-refractivity contribution >= 4 is 17.8 Å². The summed E-state index contributed by atoms with van der Waals surface area (Å²) in [4.78, 5) is 16.9. The number of carbonyl (C=O) groups is 1. The summed E-state index contributed by atoms with van der Waals surface area (Å²) in [5, 5.41) is 10.4. The van der Waals surface area contributed by atoms with Crippen LogP contribution in [0.3, 0.4) is 0 Å². The molecule has 7 nitrogen and oxygen atoms in total. The van der Waals surface area contributed by atoms with Crippen LogP contribution < -0.4 is 15.4 Å². The molecule has 2 heterocycles. The van der Waals surface area contributed by atoms with Crippen LogP contribution in [0.1, 0.15) is 28.9 Å². The number of nitrogens with one attached hydrogen (secondary N) is 2. The van der Waals surface area contributed by atoms with E-state index in [0.29, 0.717) is 17.3 Å². The molecule has 1 aromatic heterocycles. The van der Waals surface area contributed by atoms with Crippen molar-refractivity contribution in [1.82, 2.24) is 14.8 Å². The van der Waals surface area contributed by atoms with Crippen LogP contribution in [0.25, 0.3) is 0 Å². The topological polar surface area (TPSA) is 81.1 Å². The highest BCUT2D eigenvalue weighted by molar-refractivity contribution is 6.03. The molecule has 136 valence electrons. The van der Waals surface area contributed by atoms with Gasteiger partial charge in [0.15, 0.2) is 0 Å². The highest BCUT2D eigenvalue weighted by Gasteiger charge is 2.23. The molecule has 2 aromatic carbocycles. The molecule has 2 N–H and O–H groups in total. The summed E-state index contributed by atoms with van der Waals surface area (Å²) in [6.07, 6.45) is 2.08. The van der Waals surface area contributed by atoms with Gasteiger partial charge in [0.05, 0.1) is 7.11 Å². The van der Waals surface area contributed by atoms with E-state index in [2.05, 4.69) is 26.8 Å². The lowest BCUT2D eigenvalue weighted by atomic mass is 10.1. The summed E-state index contributed by atoms with van der Waals surface area (Å²) < 4.78 is 6.88. The van der Waals surface area contributed by atoms with Gasteiger partial charge in [-0.2, -0.15) is 4.98 Å². The van der Waals surface area contributed by atoms with E-state index in [1.54, 1.807) is 36.1 Å². The molecule has 27 heavy (non-hydrogen) atoms. The third-order valence-corrected chi connectivity index (χ3v) is 4.33. The molecule has 0 saturated carbocycles. The molecule has 0 saturated heterocycles. The first-order valence-electron chi connectivity index (χ1n) is 8.56. The molecule has 0 fully saturated rings. The van der Waals surface area contributed by atoms with Crippen molar-refractivity contribution in [3.8, 4) is 5.75 Å². The number of benzene rings is 2. The minimum Gasteiger partial charge on any atom is -0.497 e. The standard InChI is InChI=1S/C20H19N5O2/c1-13-12-17(14-6-4-3-5-7-14)25-20(21-13)23-19(24-25)22-18(26)15-8-10-16(27-2)11-9-15/h3-12,17H,1-2H3,(H2,21,22,23,24,26)/t17-/m0/s1. The second kappa shape index (κ2) is 6.95. The summed E-state index contributed by atoms with van der Waals surface area (Å²) in [5.41, 5.74) is 2.58. The minimum absolute atomic E-state index is 0.0819. The third kappa shape index (κ3) is 3.39. The molecule has 0 spiro atoms. The Morgan fingerprint density at radius 1 is 1.15 bits per heavy atom. The number of hydrogen-bond acceptors (Lipinski definition) is 5. The van der Waals surface area contributed by atoms with Crippen LogP contribution in [0.4, 0.5) is 11.9 Å². The van der Waals surface area contributed by atoms with Gasteiger partial charge in [-0.15, -0.1) is 5.10 Å². The lowest BCUT2D eigenvalue weighted by Crippen LogP contribution is -2.19. The number of ether oxygens (including phenoxy) is 1. The van der Waals surface area contributed by atoms with Gasteiger partial charge in [0.25, 0.3) is 11.9 Å². The van der Waals surface area contributed by atoms with E-state index in [1.807, 2.05) is 37.3 Å². The van der Waals surface area contributed by atoms with Crippen LogP contribution in [0, 0.1) is 0 Å². The maximum absolute atomic E-state index is 12.5. The van der Waals surface area contributed by atoms with E-state index >= 15 is 0 Å². The van der Waals surface area contributed by atoms with E-state index in [-0.39, 0.29) is 17.9 Å². The van der Waals surface area contributed by atoms with E-state index in [1.165, 1.54) is 0 Å². The Morgan fingerprint density at radius 3 is 2.59 bits per heavy atom. The number of anilines is 2. The highest BCUT2D eigenvalue weighted by Crippen LogP contribution is 2.29. The number of nitrogens with zero attached hydrogens (tertiary/aromatic N) is 3. The Balaban J connectivity index is 1.59. The Bertz CT molecular complexity index is 993. The average Bonchev–Trinajstić information content (AvgIpc) is 3.10. The first-order chi connectivity index (χ1) is 13.1. The molecule has 1 atom stereocenters. The normalized spacial score (nSPS) is 15.3. The highest BCUT2D eigenvalue weighted by atomic mass is 16.5. The summed E-state index contributed by atoms with van der Waals surface area (Å²) in [5.74, 6) is 1.26. The van der Waals surface area contributed by atoms with Gasteiger partial charge in [0.1, 0.15) is 11.8 Å². The van der Waals surface area contributed by atoms with Crippen molar-refractivity contribution in [3.63, 3.8) is 0 Å². The predicted octanol–water partition coefficient (Wildman–Crippen LogP) is 3.46. The molecule has 0 radical (unpaired) electrons. The fraction of sp³-hybridized carbons (Fsp3) is 0.150. The minimum atomic E-state index is -0.276. The van der Waals surface area contributed by atoms with Crippen molar-refractivity contribution in [2.75, 3.05) is 17.7 Å². The van der Waals surface area contributed by atoms with Crippen LogP contribution in [0.2, 0.25) is 0 Å². The number of allylic oxidation sites excluding steroid dienone is 2. The van der Waals surface area contributed by atoms with Crippen molar-refractivity contribution < 1.29 is 9.53 Å². The van der Waals surface area contributed by atoms with E-state index in [9.17, 15) is 4.79 Å². The first-order valence-corrected chi connectivity index (χ1v) is 8.56. The second-order valence-corrected chi connectivity index (χ2v) is 6.22. The van der Waals surface area contributed by atoms with Gasteiger partial charge in [-0.1, -0.05) is 30.3 Å². The van der Waals surface area contributed by atoms with Crippen LogP contribution >= 0.6 is 0 Å². The zero-order valence-corrected chi connectivity index (χ0v) is 15.0. The first kappa shape index (κ1) is 16.8. The van der Waals surface area contributed by atoms with Gasteiger partial charge < -0.3 is 10.1 Å². The number of rotatable bonds is 4. The Kier molecular flexibility index (Phi) is 4.33. The molecular formula is C20H19N5O2. The van der Waals surface area contributed by atoms with Gasteiger partial charge in [-0.3, -0.25) is 10.1 Å². The zero-order chi connectivity index (χ0) is 18.8. The van der Waals surface area contributed by atoms with Gasteiger partial charge in [-0.25, -0.2) is 4.68 Å². The van der Waals surface area contributed by atoms with Gasteiger partial charge >= 0.3 is 0 Å². The number of carbonyl (C=O) groups excluding carboxylic acids is 1. The molecule has 1 aliphatic rings. The monoisotopic (exact) mass is 361 g/mol. The quantitative estimate of drug-likeness (QED) is 0.744. The van der Waals surface area contributed by atoms with Crippen LogP contribution in [-0.4, -0.2) is 27.8 Å². The predicted molar refractivity (Wildman–Crippen MR) is 103 cm³/mol. The van der Waals surface area contributed by atoms with E-state index < -0.39 is 0 Å². The molecule has 0 unspecified atom stereocenters. The van der Waals surface area contributed by atoms with Crippen molar-refractivity contribution in [2.24, 2.45) is 0 Å². The summed E-state index contributed by atoms with van der Waals surface area (Å²) in [6.45, 7) is 1.98. The number of aromatic nitrogens is 3. The number of hydrogen-bond donors (Lipinski definition) is 2. The Morgan fingerprint density at radius 2 is 1.89 bits per heavy atom. The fourth-order valence-corrected chi connectivity index (χ4v) is 2.98. The SMILES string of the molecule is COc1ccc(C(=O)Nc2nc3n(n2)[C@H](c2ccccc2)C=C(C)N3)cc1. The van der Waals surface area contributed by atoms with Gasteiger partial charge in [-0.05, 0) is 42.8 Å².